The fourth-order valence-electron chi connectivity index (χ4n) is 2.14. The second-order valence-corrected chi connectivity index (χ2v) is 4.86. The Morgan fingerprint density at radius 3 is 2.81 bits per heavy atom. The lowest BCUT2D eigenvalue weighted by molar-refractivity contribution is 0.0270. The number of carbonyl (C=O) groups excluding carboxylic acids is 1. The lowest BCUT2D eigenvalue weighted by atomic mass is 10.3. The molecule has 3 aromatic rings. The SMILES string of the molecule is Cc1cc(C(=O)O[C@H](C)c2nc3ccccc3o2)n(C)n1. The third-order valence-corrected chi connectivity index (χ3v) is 3.15. The third-order valence-electron chi connectivity index (χ3n) is 3.15. The third kappa shape index (κ3) is 2.52. The predicted octanol–water partition coefficient (Wildman–Crippen LogP) is 2.79. The van der Waals surface area contributed by atoms with Gasteiger partial charge in [0.2, 0.25) is 5.89 Å². The molecule has 6 heteroatoms. The molecule has 0 N–H and O–H groups in total. The van der Waals surface area contributed by atoms with Crippen LogP contribution in [-0.4, -0.2) is 20.7 Å². The Kier molecular flexibility index (Phi) is 3.21. The average molecular weight is 285 g/mol. The summed E-state index contributed by atoms with van der Waals surface area (Å²) >= 11 is 0. The maximum atomic E-state index is 12.1. The second-order valence-electron chi connectivity index (χ2n) is 4.86. The fraction of sp³-hybridized carbons (Fsp3) is 0.267. The van der Waals surface area contributed by atoms with Crippen molar-refractivity contribution in [2.24, 2.45) is 7.05 Å². The normalized spacial score (nSPS) is 12.5. The maximum Gasteiger partial charge on any atom is 0.357 e. The Hall–Kier alpha value is -2.63. The molecule has 21 heavy (non-hydrogen) atoms. The molecule has 0 fully saturated rings. The minimum atomic E-state index is -0.569. The molecular formula is C15H15N3O3. The summed E-state index contributed by atoms with van der Waals surface area (Å²) in [6, 6.07) is 9.10. The number of nitrogens with zero attached hydrogens (tertiary/aromatic N) is 3. The van der Waals surface area contributed by atoms with Crippen LogP contribution in [0.4, 0.5) is 0 Å². The van der Waals surface area contributed by atoms with Crippen LogP contribution in [0.1, 0.15) is 35.1 Å². The number of rotatable bonds is 3. The zero-order chi connectivity index (χ0) is 15.0. The molecule has 0 unspecified atom stereocenters. The van der Waals surface area contributed by atoms with Gasteiger partial charge in [-0.2, -0.15) is 5.10 Å². The Labute approximate surface area is 121 Å². The van der Waals surface area contributed by atoms with Gasteiger partial charge in [0, 0.05) is 7.05 Å². The quantitative estimate of drug-likeness (QED) is 0.692. The molecule has 6 nitrogen and oxygen atoms in total. The molecule has 0 aliphatic heterocycles. The van der Waals surface area contributed by atoms with Crippen LogP contribution in [0.5, 0.6) is 0 Å². The van der Waals surface area contributed by atoms with Crippen molar-refractivity contribution in [3.63, 3.8) is 0 Å². The number of aryl methyl sites for hydroxylation is 2. The summed E-state index contributed by atoms with van der Waals surface area (Å²) in [5.74, 6) is -0.0729. The molecule has 3 rings (SSSR count). The van der Waals surface area contributed by atoms with Crippen LogP contribution in [0.15, 0.2) is 34.7 Å². The smallest absolute Gasteiger partial charge is 0.357 e. The molecule has 108 valence electrons. The molecule has 0 bridgehead atoms. The summed E-state index contributed by atoms with van der Waals surface area (Å²) in [7, 11) is 1.70. The topological polar surface area (TPSA) is 70.2 Å². The first-order valence-corrected chi connectivity index (χ1v) is 6.61. The van der Waals surface area contributed by atoms with Gasteiger partial charge in [-0.3, -0.25) is 4.68 Å². The molecule has 2 aromatic heterocycles. The summed E-state index contributed by atoms with van der Waals surface area (Å²) in [5.41, 5.74) is 2.58. The number of hydrogen-bond donors (Lipinski definition) is 0. The Bertz CT molecular complexity index is 770. The van der Waals surface area contributed by atoms with Crippen molar-refractivity contribution < 1.29 is 13.9 Å². The van der Waals surface area contributed by atoms with Crippen LogP contribution >= 0.6 is 0 Å². The van der Waals surface area contributed by atoms with Gasteiger partial charge < -0.3 is 9.15 Å². The molecule has 0 saturated carbocycles. The van der Waals surface area contributed by atoms with Gasteiger partial charge in [0.1, 0.15) is 11.2 Å². The average Bonchev–Trinajstić information content (AvgIpc) is 3.01. The van der Waals surface area contributed by atoms with Gasteiger partial charge in [0.05, 0.1) is 5.69 Å². The van der Waals surface area contributed by atoms with E-state index in [2.05, 4.69) is 10.1 Å². The number of benzene rings is 1. The molecule has 1 atom stereocenters. The Balaban J connectivity index is 1.81. The van der Waals surface area contributed by atoms with E-state index in [1.165, 1.54) is 4.68 Å². The number of fused-ring (bicyclic) bond motifs is 1. The van der Waals surface area contributed by atoms with E-state index in [1.54, 1.807) is 20.0 Å². The second kappa shape index (κ2) is 5.05. The molecule has 0 aliphatic carbocycles. The minimum absolute atomic E-state index is 0.378. The lowest BCUT2D eigenvalue weighted by Gasteiger charge is -2.09. The standard InChI is InChI=1S/C15H15N3O3/c1-9-8-12(18(3)17-9)15(19)20-10(2)14-16-11-6-4-5-7-13(11)21-14/h4-8,10H,1-3H3/t10-/m1/s1. The molecule has 0 spiro atoms. The Morgan fingerprint density at radius 2 is 2.14 bits per heavy atom. The van der Waals surface area contributed by atoms with Crippen LogP contribution < -0.4 is 0 Å². The highest BCUT2D eigenvalue weighted by molar-refractivity contribution is 5.87. The van der Waals surface area contributed by atoms with Crippen molar-refractivity contribution in [1.29, 1.82) is 0 Å². The zero-order valence-corrected chi connectivity index (χ0v) is 12.0. The molecule has 2 heterocycles. The zero-order valence-electron chi connectivity index (χ0n) is 12.0. The first-order valence-electron chi connectivity index (χ1n) is 6.61. The number of hydrogen-bond acceptors (Lipinski definition) is 5. The number of oxazole rings is 1. The summed E-state index contributed by atoms with van der Waals surface area (Å²) in [4.78, 5) is 16.4. The van der Waals surface area contributed by atoms with Crippen molar-refractivity contribution in [3.8, 4) is 0 Å². The van der Waals surface area contributed by atoms with Crippen LogP contribution in [-0.2, 0) is 11.8 Å². The van der Waals surface area contributed by atoms with E-state index in [4.69, 9.17) is 9.15 Å². The molecule has 0 saturated heterocycles. The number of para-hydroxylation sites is 2. The van der Waals surface area contributed by atoms with E-state index in [0.717, 1.165) is 11.2 Å². The van der Waals surface area contributed by atoms with Crippen molar-refractivity contribution in [3.05, 3.63) is 47.6 Å². The summed E-state index contributed by atoms with van der Waals surface area (Å²) in [6.07, 6.45) is -0.569. The van der Waals surface area contributed by atoms with E-state index >= 15 is 0 Å². The highest BCUT2D eigenvalue weighted by Crippen LogP contribution is 2.23. The first kappa shape index (κ1) is 13.4. The first-order chi connectivity index (χ1) is 10.0. The van der Waals surface area contributed by atoms with Gasteiger partial charge in [-0.15, -0.1) is 0 Å². The Morgan fingerprint density at radius 1 is 1.38 bits per heavy atom. The van der Waals surface area contributed by atoms with Crippen LogP contribution in [0, 0.1) is 6.92 Å². The van der Waals surface area contributed by atoms with E-state index in [1.807, 2.05) is 31.2 Å². The van der Waals surface area contributed by atoms with Gasteiger partial charge in [-0.25, -0.2) is 9.78 Å². The molecule has 0 radical (unpaired) electrons. The largest absolute Gasteiger partial charge is 0.448 e. The van der Waals surface area contributed by atoms with Crippen molar-refractivity contribution >= 4 is 17.1 Å². The summed E-state index contributed by atoms with van der Waals surface area (Å²) in [6.45, 7) is 3.55. The highest BCUT2D eigenvalue weighted by Gasteiger charge is 2.21. The van der Waals surface area contributed by atoms with Gasteiger partial charge in [-0.1, -0.05) is 12.1 Å². The summed E-state index contributed by atoms with van der Waals surface area (Å²) < 4.78 is 12.5. The van der Waals surface area contributed by atoms with Crippen molar-refractivity contribution in [2.45, 2.75) is 20.0 Å². The number of carbonyl (C=O) groups is 1. The number of aromatic nitrogens is 3. The molecule has 1 aromatic carbocycles. The van der Waals surface area contributed by atoms with Crippen molar-refractivity contribution in [2.75, 3.05) is 0 Å². The molecule has 0 aliphatic rings. The lowest BCUT2D eigenvalue weighted by Crippen LogP contribution is -2.13. The van der Waals surface area contributed by atoms with Crippen molar-refractivity contribution in [1.82, 2.24) is 14.8 Å². The summed E-state index contributed by atoms with van der Waals surface area (Å²) in [5, 5.41) is 4.12. The fourth-order valence-corrected chi connectivity index (χ4v) is 2.14. The van der Waals surface area contributed by atoms with Crippen LogP contribution in [0.2, 0.25) is 0 Å². The highest BCUT2D eigenvalue weighted by atomic mass is 16.6. The van der Waals surface area contributed by atoms with Gasteiger partial charge in [0.15, 0.2) is 11.7 Å². The monoisotopic (exact) mass is 285 g/mol. The van der Waals surface area contributed by atoms with Crippen LogP contribution in [0.25, 0.3) is 11.1 Å². The molecule has 0 amide bonds. The van der Waals surface area contributed by atoms with E-state index in [9.17, 15) is 4.79 Å². The maximum absolute atomic E-state index is 12.1. The van der Waals surface area contributed by atoms with Gasteiger partial charge >= 0.3 is 5.97 Å². The van der Waals surface area contributed by atoms with E-state index in [0.29, 0.717) is 17.2 Å². The molecular weight excluding hydrogens is 270 g/mol. The van der Waals surface area contributed by atoms with Crippen LogP contribution in [0.3, 0.4) is 0 Å². The van der Waals surface area contributed by atoms with E-state index < -0.39 is 12.1 Å². The predicted molar refractivity (Wildman–Crippen MR) is 75.8 cm³/mol. The minimum Gasteiger partial charge on any atom is -0.448 e. The van der Waals surface area contributed by atoms with Gasteiger partial charge in [-0.05, 0) is 32.0 Å². The van der Waals surface area contributed by atoms with Gasteiger partial charge in [0.25, 0.3) is 0 Å². The number of esters is 1. The van der Waals surface area contributed by atoms with E-state index in [-0.39, 0.29) is 0 Å². The number of ether oxygens (including phenoxy) is 1.